The first-order valence-electron chi connectivity index (χ1n) is 7.77. The van der Waals surface area contributed by atoms with E-state index < -0.39 is 5.91 Å². The van der Waals surface area contributed by atoms with Gasteiger partial charge in [0.25, 0.3) is 0 Å². The smallest absolute Gasteiger partial charge is 0.250 e. The van der Waals surface area contributed by atoms with Crippen LogP contribution in [0.5, 0.6) is 0 Å². The fraction of sp³-hybridized carbons (Fsp3) is 0. The van der Waals surface area contributed by atoms with Crippen LogP contribution in [0.2, 0.25) is 10.0 Å². The van der Waals surface area contributed by atoms with E-state index in [0.717, 1.165) is 0 Å². The van der Waals surface area contributed by atoms with Crippen LogP contribution in [-0.4, -0.2) is 16.0 Å². The van der Waals surface area contributed by atoms with Crippen molar-refractivity contribution in [2.45, 2.75) is 0 Å². The number of aromatic nitrogens is 1. The molecule has 0 aliphatic rings. The van der Waals surface area contributed by atoms with E-state index in [-0.39, 0.29) is 5.11 Å². The van der Waals surface area contributed by atoms with E-state index in [1.165, 1.54) is 12.2 Å². The number of benzene rings is 1. The Kier molecular flexibility index (Phi) is 6.24. The number of pyridine rings is 1. The van der Waals surface area contributed by atoms with Gasteiger partial charge in [-0.1, -0.05) is 29.3 Å². The molecule has 0 saturated carbocycles. The van der Waals surface area contributed by atoms with Crippen LogP contribution in [-0.2, 0) is 4.79 Å². The predicted molar refractivity (Wildman–Crippen MR) is 112 cm³/mol. The molecule has 1 aromatic carbocycles. The van der Waals surface area contributed by atoms with E-state index >= 15 is 0 Å². The summed E-state index contributed by atoms with van der Waals surface area (Å²) in [7, 11) is 0. The van der Waals surface area contributed by atoms with Crippen molar-refractivity contribution >= 4 is 58.2 Å². The van der Waals surface area contributed by atoms with E-state index in [9.17, 15) is 4.79 Å². The number of furan rings is 1. The first kappa shape index (κ1) is 19.1. The topological polar surface area (TPSA) is 67.2 Å². The Morgan fingerprint density at radius 2 is 2.00 bits per heavy atom. The van der Waals surface area contributed by atoms with Crippen LogP contribution in [0.25, 0.3) is 17.4 Å². The van der Waals surface area contributed by atoms with E-state index in [4.69, 9.17) is 39.8 Å². The van der Waals surface area contributed by atoms with Gasteiger partial charge in [0.1, 0.15) is 11.5 Å². The number of carbonyl (C=O) groups excluding carboxylic acids is 1. The van der Waals surface area contributed by atoms with E-state index in [1.54, 1.807) is 54.9 Å². The van der Waals surface area contributed by atoms with Gasteiger partial charge < -0.3 is 9.73 Å². The third-order valence-corrected chi connectivity index (χ3v) is 4.42. The van der Waals surface area contributed by atoms with Crippen molar-refractivity contribution in [2.24, 2.45) is 0 Å². The van der Waals surface area contributed by atoms with E-state index in [2.05, 4.69) is 15.6 Å². The summed E-state index contributed by atoms with van der Waals surface area (Å²) in [6, 6.07) is 12.3. The number of amides is 1. The first-order valence-corrected chi connectivity index (χ1v) is 8.93. The molecule has 3 aromatic rings. The van der Waals surface area contributed by atoms with Gasteiger partial charge in [0, 0.05) is 17.8 Å². The minimum absolute atomic E-state index is 0.170. The molecule has 0 aliphatic heterocycles. The molecular weight excluding hydrogens is 405 g/mol. The molecular formula is C19H13Cl2N3O2S. The molecule has 3 rings (SSSR count). The minimum Gasteiger partial charge on any atom is -0.457 e. The lowest BCUT2D eigenvalue weighted by Gasteiger charge is -2.06. The molecule has 0 atom stereocenters. The maximum Gasteiger partial charge on any atom is 0.250 e. The lowest BCUT2D eigenvalue weighted by molar-refractivity contribution is -0.115. The standard InChI is InChI=1S/C19H13Cl2N3O2S/c20-15-5-1-4-14(18(15)21)16-8-6-13(26-16)7-9-17(25)24-19(27)23-12-3-2-10-22-11-12/h1-11H,(H2,23,24,25,27). The molecule has 0 unspecified atom stereocenters. The molecule has 1 amide bonds. The van der Waals surface area contributed by atoms with Crippen molar-refractivity contribution in [3.63, 3.8) is 0 Å². The number of nitrogens with one attached hydrogen (secondary N) is 2. The average Bonchev–Trinajstić information content (AvgIpc) is 3.12. The van der Waals surface area contributed by atoms with Crippen LogP contribution < -0.4 is 10.6 Å². The third-order valence-electron chi connectivity index (χ3n) is 3.40. The van der Waals surface area contributed by atoms with Gasteiger partial charge in [0.05, 0.1) is 21.9 Å². The Morgan fingerprint density at radius 3 is 2.78 bits per heavy atom. The first-order chi connectivity index (χ1) is 13.0. The zero-order valence-corrected chi connectivity index (χ0v) is 16.1. The van der Waals surface area contributed by atoms with Crippen molar-refractivity contribution in [1.82, 2.24) is 10.3 Å². The van der Waals surface area contributed by atoms with Gasteiger partial charge in [-0.2, -0.15) is 0 Å². The zero-order chi connectivity index (χ0) is 19.2. The van der Waals surface area contributed by atoms with Crippen LogP contribution in [0.4, 0.5) is 5.69 Å². The number of hydrogen-bond acceptors (Lipinski definition) is 4. The zero-order valence-electron chi connectivity index (χ0n) is 13.8. The van der Waals surface area contributed by atoms with Crippen LogP contribution in [0.15, 0.2) is 65.4 Å². The molecule has 5 nitrogen and oxygen atoms in total. The maximum atomic E-state index is 12.0. The van der Waals surface area contributed by atoms with E-state index in [0.29, 0.717) is 32.8 Å². The average molecular weight is 418 g/mol. The lowest BCUT2D eigenvalue weighted by Crippen LogP contribution is -2.32. The Balaban J connectivity index is 1.61. The van der Waals surface area contributed by atoms with Crippen molar-refractivity contribution in [1.29, 1.82) is 0 Å². The molecule has 27 heavy (non-hydrogen) atoms. The van der Waals surface area contributed by atoms with Crippen LogP contribution >= 0.6 is 35.4 Å². The normalized spacial score (nSPS) is 10.7. The fourth-order valence-electron chi connectivity index (χ4n) is 2.19. The molecule has 0 aliphatic carbocycles. The Hall–Kier alpha value is -2.67. The van der Waals surface area contributed by atoms with Gasteiger partial charge >= 0.3 is 0 Å². The van der Waals surface area contributed by atoms with Crippen molar-refractivity contribution in [2.75, 3.05) is 5.32 Å². The minimum atomic E-state index is -0.393. The predicted octanol–water partition coefficient (Wildman–Crippen LogP) is 5.17. The van der Waals surface area contributed by atoms with Gasteiger partial charge in [0.2, 0.25) is 5.91 Å². The largest absolute Gasteiger partial charge is 0.457 e. The van der Waals surface area contributed by atoms with E-state index in [1.807, 2.05) is 0 Å². The fourth-order valence-corrected chi connectivity index (χ4v) is 2.80. The molecule has 2 aromatic heterocycles. The van der Waals surface area contributed by atoms with Gasteiger partial charge in [-0.3, -0.25) is 15.1 Å². The SMILES string of the molecule is O=C(C=Cc1ccc(-c2cccc(Cl)c2Cl)o1)NC(=S)Nc1cccnc1. The summed E-state index contributed by atoms with van der Waals surface area (Å²) in [4.78, 5) is 15.9. The highest BCUT2D eigenvalue weighted by atomic mass is 35.5. The number of thiocarbonyl (C=S) groups is 1. The summed E-state index contributed by atoms with van der Waals surface area (Å²) in [5.74, 6) is 0.647. The van der Waals surface area contributed by atoms with Crippen molar-refractivity contribution in [3.05, 3.63) is 76.7 Å². The molecule has 8 heteroatoms. The summed E-state index contributed by atoms with van der Waals surface area (Å²) >= 11 is 17.3. The van der Waals surface area contributed by atoms with Crippen molar-refractivity contribution < 1.29 is 9.21 Å². The molecule has 2 heterocycles. The van der Waals surface area contributed by atoms with Gasteiger partial charge in [-0.25, -0.2) is 0 Å². The summed E-state index contributed by atoms with van der Waals surface area (Å²) in [5.41, 5.74) is 1.36. The summed E-state index contributed by atoms with van der Waals surface area (Å²) < 4.78 is 5.69. The van der Waals surface area contributed by atoms with Gasteiger partial charge in [-0.15, -0.1) is 0 Å². The summed E-state index contributed by atoms with van der Waals surface area (Å²) in [6.45, 7) is 0. The highest BCUT2D eigenvalue weighted by Crippen LogP contribution is 2.34. The number of nitrogens with zero attached hydrogens (tertiary/aromatic N) is 1. The van der Waals surface area contributed by atoms with Crippen LogP contribution in [0.1, 0.15) is 5.76 Å². The second-order valence-corrected chi connectivity index (χ2v) is 6.52. The molecule has 0 bridgehead atoms. The molecule has 0 fully saturated rings. The maximum absolute atomic E-state index is 12.0. The molecule has 136 valence electrons. The Morgan fingerprint density at radius 1 is 1.15 bits per heavy atom. The highest BCUT2D eigenvalue weighted by Gasteiger charge is 2.10. The Labute approximate surface area is 171 Å². The Bertz CT molecular complexity index is 1000. The lowest BCUT2D eigenvalue weighted by atomic mass is 10.2. The monoisotopic (exact) mass is 417 g/mol. The summed E-state index contributed by atoms with van der Waals surface area (Å²) in [6.07, 6.45) is 6.09. The number of rotatable bonds is 4. The molecule has 2 N–H and O–H groups in total. The van der Waals surface area contributed by atoms with Gasteiger partial charge in [0.15, 0.2) is 5.11 Å². The number of carbonyl (C=O) groups is 1. The second kappa shape index (κ2) is 8.81. The van der Waals surface area contributed by atoms with Gasteiger partial charge in [-0.05, 0) is 54.7 Å². The highest BCUT2D eigenvalue weighted by molar-refractivity contribution is 7.80. The number of halogens is 2. The molecule has 0 saturated heterocycles. The third kappa shape index (κ3) is 5.17. The summed E-state index contributed by atoms with van der Waals surface area (Å²) in [5, 5.41) is 6.42. The molecule has 0 spiro atoms. The molecule has 0 radical (unpaired) electrons. The number of anilines is 1. The van der Waals surface area contributed by atoms with Crippen LogP contribution in [0.3, 0.4) is 0 Å². The number of hydrogen-bond donors (Lipinski definition) is 2. The second-order valence-electron chi connectivity index (χ2n) is 5.32. The van der Waals surface area contributed by atoms with Crippen molar-refractivity contribution in [3.8, 4) is 11.3 Å². The van der Waals surface area contributed by atoms with Crippen LogP contribution in [0, 0.1) is 0 Å². The quantitative estimate of drug-likeness (QED) is 0.452.